The molecular weight excluding hydrogens is 985 g/mol. The lowest BCUT2D eigenvalue weighted by molar-refractivity contribution is 0.601. The van der Waals surface area contributed by atoms with Gasteiger partial charge < -0.3 is 0 Å². The first-order valence-corrected chi connectivity index (χ1v) is 29.4. The second kappa shape index (κ2) is 15.2. The lowest BCUT2D eigenvalue weighted by atomic mass is 9.70. The zero-order valence-electron chi connectivity index (χ0n) is 46.2. The molecule has 0 heterocycles. The highest BCUT2D eigenvalue weighted by Crippen LogP contribution is 2.67. The standard InChI is InChI=1S/C82H54/c1-79(2)73-45-63(47-37-39-57-55-27-13-19-35-69(55)81(71(57)43-47)65-31-15-9-23-51(65)52-24-10-16-32-66(52)81)49-21-5-7-29-59(49)75(73)61-41-42-62-76-60-30-8-6-22-50(60)64(46-74(76)80(3,4)78(62)77(61)79)48-38-40-58-56-28-14-20-36-70(56)82(72(58)44-48)67-33-17-11-25-53(67)54-26-12-18-34-68(54)82/h5-46H,1-4H3. The quantitative estimate of drug-likeness (QED) is 0.162. The van der Waals surface area contributed by atoms with E-state index in [0.717, 1.165) is 0 Å². The van der Waals surface area contributed by atoms with E-state index in [9.17, 15) is 0 Å². The molecule has 0 nitrogen and oxygen atoms in total. The molecule has 0 aromatic heterocycles. The first-order chi connectivity index (χ1) is 40.2. The lowest BCUT2D eigenvalue weighted by Gasteiger charge is -2.31. The number of hydrogen-bond donors (Lipinski definition) is 0. The first kappa shape index (κ1) is 45.1. The van der Waals surface area contributed by atoms with Crippen molar-refractivity contribution in [3.05, 3.63) is 322 Å². The maximum Gasteiger partial charge on any atom is 0.0725 e. The van der Waals surface area contributed by atoms with Crippen molar-refractivity contribution in [2.24, 2.45) is 0 Å². The average molecular weight is 1040 g/mol. The molecule has 6 aliphatic carbocycles. The summed E-state index contributed by atoms with van der Waals surface area (Å²) in [5, 5.41) is 5.23. The molecule has 0 saturated heterocycles. The number of benzene rings is 13. The Kier molecular flexibility index (Phi) is 8.38. The molecule has 0 fully saturated rings. The van der Waals surface area contributed by atoms with Crippen molar-refractivity contribution in [1.82, 2.24) is 0 Å². The van der Waals surface area contributed by atoms with E-state index in [4.69, 9.17) is 0 Å². The van der Waals surface area contributed by atoms with Gasteiger partial charge in [-0.05, 0) is 202 Å². The largest absolute Gasteiger partial charge is 0.0725 e. The molecule has 6 aliphatic rings. The second-order valence-electron chi connectivity index (χ2n) is 25.2. The van der Waals surface area contributed by atoms with E-state index in [1.165, 1.54) is 177 Å². The summed E-state index contributed by atoms with van der Waals surface area (Å²) in [4.78, 5) is 0. The van der Waals surface area contributed by atoms with Gasteiger partial charge >= 0.3 is 0 Å². The minimum absolute atomic E-state index is 0.304. The molecule has 0 amide bonds. The highest BCUT2D eigenvalue weighted by atomic mass is 14.6. The Bertz CT molecular complexity index is 4660. The molecule has 13 aromatic rings. The number of rotatable bonds is 2. The van der Waals surface area contributed by atoms with Gasteiger partial charge in [0.05, 0.1) is 10.8 Å². The topological polar surface area (TPSA) is 0 Å². The van der Waals surface area contributed by atoms with Gasteiger partial charge in [0, 0.05) is 10.8 Å². The van der Waals surface area contributed by atoms with E-state index in [0.29, 0.717) is 0 Å². The normalized spacial score (nSPS) is 16.0. The van der Waals surface area contributed by atoms with Gasteiger partial charge in [0.1, 0.15) is 0 Å². The minimum Gasteiger partial charge on any atom is -0.0619 e. The van der Waals surface area contributed by atoms with Crippen LogP contribution in [0.2, 0.25) is 0 Å². The van der Waals surface area contributed by atoms with Gasteiger partial charge in [-0.1, -0.05) is 258 Å². The van der Waals surface area contributed by atoms with E-state index in [1.807, 2.05) is 0 Å². The van der Waals surface area contributed by atoms with Crippen LogP contribution < -0.4 is 0 Å². The van der Waals surface area contributed by atoms with Crippen LogP contribution in [0.1, 0.15) is 94.5 Å². The van der Waals surface area contributed by atoms with Crippen molar-refractivity contribution in [3.8, 4) is 89.0 Å². The van der Waals surface area contributed by atoms with Crippen molar-refractivity contribution in [3.63, 3.8) is 0 Å². The van der Waals surface area contributed by atoms with Crippen molar-refractivity contribution >= 4 is 21.5 Å². The van der Waals surface area contributed by atoms with E-state index >= 15 is 0 Å². The van der Waals surface area contributed by atoms with E-state index in [-0.39, 0.29) is 10.8 Å². The van der Waals surface area contributed by atoms with Crippen molar-refractivity contribution in [2.75, 3.05) is 0 Å². The zero-order valence-corrected chi connectivity index (χ0v) is 46.2. The maximum absolute atomic E-state index is 2.60. The molecule has 82 heavy (non-hydrogen) atoms. The SMILES string of the molecule is CC1(C)c2cc(-c3ccc4c(c3)C3(c5ccccc5-c5ccccc53)c3ccccc3-4)c3ccccc3c2-c2ccc3c(c21)C(C)(C)c1cc(-c2ccc4c(c2)C2(c5ccccc5-c5ccccc52)c2ccccc2-4)c2ccccc2c1-3. The van der Waals surface area contributed by atoms with Crippen LogP contribution >= 0.6 is 0 Å². The fraction of sp³-hybridized carbons (Fsp3) is 0.0976. The summed E-state index contributed by atoms with van der Waals surface area (Å²) in [6, 6.07) is 98.5. The molecule has 0 atom stereocenters. The predicted octanol–water partition coefficient (Wildman–Crippen LogP) is 20.6. The Hall–Kier alpha value is -9.62. The fourth-order valence-electron chi connectivity index (χ4n) is 17.9. The molecule has 0 unspecified atom stereocenters. The molecule has 0 aliphatic heterocycles. The van der Waals surface area contributed by atoms with Crippen LogP contribution in [0.5, 0.6) is 0 Å². The minimum atomic E-state index is -0.411. The van der Waals surface area contributed by atoms with Gasteiger partial charge in [-0.2, -0.15) is 0 Å². The molecule has 0 heteroatoms. The summed E-state index contributed by atoms with van der Waals surface area (Å²) < 4.78 is 0. The van der Waals surface area contributed by atoms with Gasteiger partial charge in [0.2, 0.25) is 0 Å². The van der Waals surface area contributed by atoms with Gasteiger partial charge in [0.25, 0.3) is 0 Å². The highest BCUT2D eigenvalue weighted by molar-refractivity contribution is 6.14. The summed E-state index contributed by atoms with van der Waals surface area (Å²) in [6.45, 7) is 10.0. The third-order valence-corrected chi connectivity index (χ3v) is 21.0. The molecule has 0 bridgehead atoms. The molecule has 382 valence electrons. The zero-order chi connectivity index (χ0) is 54.2. The third kappa shape index (κ3) is 5.11. The van der Waals surface area contributed by atoms with Crippen LogP contribution in [0.25, 0.3) is 111 Å². The van der Waals surface area contributed by atoms with Gasteiger partial charge in [-0.15, -0.1) is 0 Å². The molecule has 2 spiro atoms. The Balaban J connectivity index is 0.790. The van der Waals surface area contributed by atoms with Crippen LogP contribution in [-0.2, 0) is 21.7 Å². The Morgan fingerprint density at radius 3 is 0.768 bits per heavy atom. The molecule has 0 saturated carbocycles. The maximum atomic E-state index is 2.60. The fourth-order valence-corrected chi connectivity index (χ4v) is 17.9. The third-order valence-electron chi connectivity index (χ3n) is 21.0. The first-order valence-electron chi connectivity index (χ1n) is 29.4. The highest BCUT2D eigenvalue weighted by Gasteiger charge is 2.54. The molecule has 0 radical (unpaired) electrons. The predicted molar refractivity (Wildman–Crippen MR) is 340 cm³/mol. The number of hydrogen-bond acceptors (Lipinski definition) is 0. The summed E-state index contributed by atoms with van der Waals surface area (Å²) in [7, 11) is 0. The van der Waals surface area contributed by atoms with Crippen LogP contribution in [0.3, 0.4) is 0 Å². The van der Waals surface area contributed by atoms with Crippen molar-refractivity contribution in [1.29, 1.82) is 0 Å². The summed E-state index contributed by atoms with van der Waals surface area (Å²) in [6.07, 6.45) is 0. The summed E-state index contributed by atoms with van der Waals surface area (Å²) in [5.74, 6) is 0. The molecule has 19 rings (SSSR count). The Morgan fingerprint density at radius 2 is 0.451 bits per heavy atom. The molecule has 0 N–H and O–H groups in total. The lowest BCUT2D eigenvalue weighted by Crippen LogP contribution is -2.25. The van der Waals surface area contributed by atoms with Gasteiger partial charge in [-0.3, -0.25) is 0 Å². The summed E-state index contributed by atoms with van der Waals surface area (Å²) in [5.41, 5.74) is 36.6. The second-order valence-corrected chi connectivity index (χ2v) is 25.2. The van der Waals surface area contributed by atoms with E-state index < -0.39 is 10.8 Å². The van der Waals surface area contributed by atoms with Crippen LogP contribution in [0.4, 0.5) is 0 Å². The number of fused-ring (bicyclic) bond motifs is 31. The monoisotopic (exact) mass is 1040 g/mol. The Morgan fingerprint density at radius 1 is 0.195 bits per heavy atom. The van der Waals surface area contributed by atoms with Gasteiger partial charge in [0.15, 0.2) is 0 Å². The van der Waals surface area contributed by atoms with Crippen LogP contribution in [0.15, 0.2) is 255 Å². The summed E-state index contributed by atoms with van der Waals surface area (Å²) >= 11 is 0. The van der Waals surface area contributed by atoms with Crippen LogP contribution in [0, 0.1) is 0 Å². The Labute approximate surface area is 478 Å². The molecular formula is C82H54. The van der Waals surface area contributed by atoms with Crippen molar-refractivity contribution in [2.45, 2.75) is 49.4 Å². The van der Waals surface area contributed by atoms with E-state index in [2.05, 4.69) is 282 Å². The van der Waals surface area contributed by atoms with Crippen LogP contribution in [-0.4, -0.2) is 0 Å². The van der Waals surface area contributed by atoms with Gasteiger partial charge in [-0.25, -0.2) is 0 Å². The average Bonchev–Trinajstić information content (AvgIpc) is 1.89. The van der Waals surface area contributed by atoms with E-state index in [1.54, 1.807) is 0 Å². The van der Waals surface area contributed by atoms with Crippen molar-refractivity contribution < 1.29 is 0 Å². The smallest absolute Gasteiger partial charge is 0.0619 e. The molecule has 13 aromatic carbocycles.